The fourth-order valence-corrected chi connectivity index (χ4v) is 3.99. The lowest BCUT2D eigenvalue weighted by Gasteiger charge is -2.34. The molecule has 2 aromatic heterocycles. The summed E-state index contributed by atoms with van der Waals surface area (Å²) in [6, 6.07) is 23.2. The molecule has 5 rings (SSSR count). The van der Waals surface area contributed by atoms with Crippen molar-refractivity contribution in [3.63, 3.8) is 0 Å². The Morgan fingerprint density at radius 1 is 0.862 bits per heavy atom. The van der Waals surface area contributed by atoms with Crippen molar-refractivity contribution in [2.75, 3.05) is 38.1 Å². The zero-order valence-corrected chi connectivity index (χ0v) is 16.7. The van der Waals surface area contributed by atoms with E-state index in [4.69, 9.17) is 4.98 Å². The molecule has 3 heterocycles. The van der Waals surface area contributed by atoms with Gasteiger partial charge in [0, 0.05) is 44.6 Å². The highest BCUT2D eigenvalue weighted by Gasteiger charge is 2.18. The second-order valence-electron chi connectivity index (χ2n) is 7.69. The van der Waals surface area contributed by atoms with Crippen molar-refractivity contribution in [1.29, 1.82) is 0 Å². The average molecular weight is 383 g/mol. The molecular formula is C24H25N5. The Bertz CT molecular complexity index is 1100. The summed E-state index contributed by atoms with van der Waals surface area (Å²) in [7, 11) is 2.19. The van der Waals surface area contributed by atoms with E-state index in [9.17, 15) is 0 Å². The number of fused-ring (bicyclic) bond motifs is 1. The number of aromatic nitrogens is 3. The van der Waals surface area contributed by atoms with Gasteiger partial charge in [0.15, 0.2) is 5.82 Å². The van der Waals surface area contributed by atoms with Crippen LogP contribution in [0.25, 0.3) is 22.6 Å². The molecule has 0 aliphatic carbocycles. The van der Waals surface area contributed by atoms with Crippen LogP contribution in [0.15, 0.2) is 72.9 Å². The zero-order chi connectivity index (χ0) is 19.6. The number of anilines is 1. The lowest BCUT2D eigenvalue weighted by molar-refractivity contribution is 0.313. The van der Waals surface area contributed by atoms with Crippen LogP contribution in [0.1, 0.15) is 5.56 Å². The Morgan fingerprint density at radius 3 is 2.41 bits per heavy atom. The van der Waals surface area contributed by atoms with Gasteiger partial charge in [-0.25, -0.2) is 4.98 Å². The van der Waals surface area contributed by atoms with E-state index in [1.54, 1.807) is 0 Å². The quantitative estimate of drug-likeness (QED) is 0.536. The summed E-state index contributed by atoms with van der Waals surface area (Å²) < 4.78 is 2.30. The molecule has 2 aromatic carbocycles. The predicted molar refractivity (Wildman–Crippen MR) is 118 cm³/mol. The molecule has 0 bridgehead atoms. The van der Waals surface area contributed by atoms with E-state index in [1.165, 1.54) is 11.3 Å². The topological polar surface area (TPSA) is 37.2 Å². The molecule has 1 aliphatic heterocycles. The van der Waals surface area contributed by atoms with Crippen LogP contribution in [0.5, 0.6) is 0 Å². The van der Waals surface area contributed by atoms with Gasteiger partial charge in [-0.2, -0.15) is 0 Å². The molecule has 0 N–H and O–H groups in total. The first-order valence-corrected chi connectivity index (χ1v) is 10.2. The van der Waals surface area contributed by atoms with Crippen LogP contribution >= 0.6 is 0 Å². The van der Waals surface area contributed by atoms with Crippen LogP contribution in [0.3, 0.4) is 0 Å². The van der Waals surface area contributed by atoms with Gasteiger partial charge in [-0.3, -0.25) is 4.98 Å². The minimum absolute atomic E-state index is 0.773. The highest BCUT2D eigenvalue weighted by atomic mass is 15.2. The number of benzene rings is 2. The van der Waals surface area contributed by atoms with Crippen LogP contribution in [0, 0.1) is 0 Å². The second kappa shape index (κ2) is 7.68. The summed E-state index contributed by atoms with van der Waals surface area (Å²) in [6.45, 7) is 5.08. The molecular weight excluding hydrogens is 358 g/mol. The van der Waals surface area contributed by atoms with Gasteiger partial charge in [0.05, 0.1) is 11.0 Å². The largest absolute Gasteiger partial charge is 0.369 e. The third kappa shape index (κ3) is 3.61. The maximum Gasteiger partial charge on any atom is 0.160 e. The first-order valence-electron chi connectivity index (χ1n) is 10.2. The van der Waals surface area contributed by atoms with Crippen molar-refractivity contribution >= 4 is 16.7 Å². The van der Waals surface area contributed by atoms with Gasteiger partial charge in [0.25, 0.3) is 0 Å². The van der Waals surface area contributed by atoms with Gasteiger partial charge in [0.1, 0.15) is 5.69 Å². The van der Waals surface area contributed by atoms with Crippen molar-refractivity contribution in [2.24, 2.45) is 0 Å². The minimum Gasteiger partial charge on any atom is -0.369 e. The van der Waals surface area contributed by atoms with E-state index < -0.39 is 0 Å². The van der Waals surface area contributed by atoms with Crippen molar-refractivity contribution in [3.8, 4) is 11.5 Å². The van der Waals surface area contributed by atoms with Gasteiger partial charge in [0.2, 0.25) is 0 Å². The van der Waals surface area contributed by atoms with Gasteiger partial charge < -0.3 is 14.4 Å². The highest BCUT2D eigenvalue weighted by Crippen LogP contribution is 2.28. The van der Waals surface area contributed by atoms with E-state index in [1.807, 2.05) is 24.4 Å². The summed E-state index contributed by atoms with van der Waals surface area (Å²) in [5.74, 6) is 0.917. The molecule has 1 aliphatic rings. The number of hydrogen-bond donors (Lipinski definition) is 0. The molecule has 4 aromatic rings. The fourth-order valence-electron chi connectivity index (χ4n) is 3.99. The molecule has 1 fully saturated rings. The average Bonchev–Trinajstić information content (AvgIpc) is 3.13. The Morgan fingerprint density at radius 2 is 1.66 bits per heavy atom. The molecule has 5 nitrogen and oxygen atoms in total. The summed E-state index contributed by atoms with van der Waals surface area (Å²) in [6.07, 6.45) is 1.83. The monoisotopic (exact) mass is 383 g/mol. The number of pyridine rings is 1. The maximum absolute atomic E-state index is 4.95. The number of imidazole rings is 1. The molecule has 0 atom stereocenters. The molecule has 146 valence electrons. The highest BCUT2D eigenvalue weighted by molar-refractivity contribution is 5.83. The normalized spacial score (nSPS) is 15.1. The van der Waals surface area contributed by atoms with E-state index in [0.29, 0.717) is 0 Å². The number of likely N-dealkylation sites (N-methyl/N-ethyl adjacent to an activating group) is 1. The summed E-state index contributed by atoms with van der Waals surface area (Å²) in [4.78, 5) is 14.4. The fraction of sp³-hybridized carbons (Fsp3) is 0.250. The lowest BCUT2D eigenvalue weighted by atomic mass is 10.2. The summed E-state index contributed by atoms with van der Waals surface area (Å²) in [5, 5.41) is 0. The number of piperazine rings is 1. The molecule has 0 amide bonds. The van der Waals surface area contributed by atoms with Gasteiger partial charge in [-0.05, 0) is 42.9 Å². The predicted octanol–water partition coefficient (Wildman–Crippen LogP) is 3.90. The Labute approximate surface area is 171 Å². The second-order valence-corrected chi connectivity index (χ2v) is 7.69. The van der Waals surface area contributed by atoms with E-state index in [-0.39, 0.29) is 0 Å². The number of hydrogen-bond acceptors (Lipinski definition) is 4. The molecule has 0 saturated carbocycles. The number of nitrogens with zero attached hydrogens (tertiary/aromatic N) is 5. The molecule has 0 unspecified atom stereocenters. The number of rotatable bonds is 4. The molecule has 0 radical (unpaired) electrons. The van der Waals surface area contributed by atoms with Crippen molar-refractivity contribution in [2.45, 2.75) is 6.54 Å². The first kappa shape index (κ1) is 17.9. The van der Waals surface area contributed by atoms with Crippen LogP contribution in [0.2, 0.25) is 0 Å². The molecule has 5 heteroatoms. The van der Waals surface area contributed by atoms with Crippen LogP contribution in [-0.2, 0) is 6.54 Å². The SMILES string of the molecule is CN1CCN(c2ccc3nc(-c4ccccn4)n(Cc4ccccc4)c3c2)CC1. The van der Waals surface area contributed by atoms with E-state index in [2.05, 4.69) is 74.9 Å². The third-order valence-electron chi connectivity index (χ3n) is 5.68. The Kier molecular flexibility index (Phi) is 4.74. The Balaban J connectivity index is 1.61. The summed E-state index contributed by atoms with van der Waals surface area (Å²) >= 11 is 0. The van der Waals surface area contributed by atoms with Gasteiger partial charge >= 0.3 is 0 Å². The van der Waals surface area contributed by atoms with Gasteiger partial charge in [-0.1, -0.05) is 36.4 Å². The Hall–Kier alpha value is -3.18. The maximum atomic E-state index is 4.95. The van der Waals surface area contributed by atoms with Crippen LogP contribution in [0.4, 0.5) is 5.69 Å². The van der Waals surface area contributed by atoms with Crippen molar-refractivity contribution in [3.05, 3.63) is 78.5 Å². The molecule has 29 heavy (non-hydrogen) atoms. The van der Waals surface area contributed by atoms with E-state index in [0.717, 1.165) is 55.3 Å². The van der Waals surface area contributed by atoms with Crippen molar-refractivity contribution < 1.29 is 0 Å². The zero-order valence-electron chi connectivity index (χ0n) is 16.7. The standard InChI is InChI=1S/C24H25N5/c1-27-13-15-28(16-14-27)20-10-11-21-23(17-20)29(18-19-7-3-2-4-8-19)24(26-21)22-9-5-6-12-25-22/h2-12,17H,13-16,18H2,1H3. The van der Waals surface area contributed by atoms with Crippen LogP contribution in [-0.4, -0.2) is 52.7 Å². The minimum atomic E-state index is 0.773. The molecule has 0 spiro atoms. The smallest absolute Gasteiger partial charge is 0.160 e. The summed E-state index contributed by atoms with van der Waals surface area (Å²) in [5.41, 5.74) is 5.60. The van der Waals surface area contributed by atoms with E-state index >= 15 is 0 Å². The lowest BCUT2D eigenvalue weighted by Crippen LogP contribution is -2.44. The van der Waals surface area contributed by atoms with Crippen molar-refractivity contribution in [1.82, 2.24) is 19.4 Å². The molecule has 1 saturated heterocycles. The third-order valence-corrected chi connectivity index (χ3v) is 5.68. The van der Waals surface area contributed by atoms with Crippen LogP contribution < -0.4 is 4.90 Å². The van der Waals surface area contributed by atoms with Gasteiger partial charge in [-0.15, -0.1) is 0 Å². The first-order chi connectivity index (χ1) is 14.3.